The lowest BCUT2D eigenvalue weighted by molar-refractivity contribution is -0.137. The topological polar surface area (TPSA) is 71.3 Å². The fourth-order valence-electron chi connectivity index (χ4n) is 2.44. The molecular formula is C14H14N2O3S. The third kappa shape index (κ3) is 2.34. The van der Waals surface area contributed by atoms with E-state index in [0.29, 0.717) is 0 Å². The molecule has 5 nitrogen and oxygen atoms in total. The Hall–Kier alpha value is -2.08. The molecule has 0 radical (unpaired) electrons. The molecule has 20 heavy (non-hydrogen) atoms. The molecule has 6 heteroatoms. The molecule has 104 valence electrons. The van der Waals surface area contributed by atoms with E-state index < -0.39 is 5.97 Å². The second kappa shape index (κ2) is 5.13. The summed E-state index contributed by atoms with van der Waals surface area (Å²) in [7, 11) is 0. The van der Waals surface area contributed by atoms with Gasteiger partial charge in [0.05, 0.1) is 12.1 Å². The predicted octanol–water partition coefficient (Wildman–Crippen LogP) is 2.02. The smallest absolute Gasteiger partial charge is 0.307 e. The number of carboxylic acids is 1. The summed E-state index contributed by atoms with van der Waals surface area (Å²) in [5.41, 5.74) is 4.15. The van der Waals surface area contributed by atoms with Gasteiger partial charge in [0.1, 0.15) is 0 Å². The van der Waals surface area contributed by atoms with Crippen LogP contribution in [0.4, 0.5) is 5.69 Å². The van der Waals surface area contributed by atoms with Gasteiger partial charge in [-0.25, -0.2) is 0 Å². The zero-order chi connectivity index (χ0) is 14.1. The van der Waals surface area contributed by atoms with Gasteiger partial charge in [0.2, 0.25) is 0 Å². The van der Waals surface area contributed by atoms with Crippen LogP contribution in [0.1, 0.15) is 12.0 Å². The lowest BCUT2D eigenvalue weighted by Gasteiger charge is -2.08. The number of nitrogens with one attached hydrogen (secondary N) is 1. The highest BCUT2D eigenvalue weighted by molar-refractivity contribution is 7.07. The van der Waals surface area contributed by atoms with Gasteiger partial charge in [-0.1, -0.05) is 17.4 Å². The van der Waals surface area contributed by atoms with Gasteiger partial charge >= 0.3 is 10.8 Å². The maximum Gasteiger partial charge on any atom is 0.307 e. The van der Waals surface area contributed by atoms with Crippen molar-refractivity contribution in [2.75, 3.05) is 11.9 Å². The number of fused-ring (bicyclic) bond motifs is 1. The first-order valence-electron chi connectivity index (χ1n) is 6.42. The van der Waals surface area contributed by atoms with Crippen molar-refractivity contribution in [3.8, 4) is 11.3 Å². The second-order valence-corrected chi connectivity index (χ2v) is 5.55. The third-order valence-corrected chi connectivity index (χ3v) is 4.21. The van der Waals surface area contributed by atoms with Crippen LogP contribution in [-0.4, -0.2) is 22.2 Å². The quantitative estimate of drug-likeness (QED) is 0.903. The highest BCUT2D eigenvalue weighted by Crippen LogP contribution is 2.28. The predicted molar refractivity (Wildman–Crippen MR) is 78.5 cm³/mol. The summed E-state index contributed by atoms with van der Waals surface area (Å²) < 4.78 is 1.54. The minimum atomic E-state index is -0.896. The van der Waals surface area contributed by atoms with Crippen LogP contribution in [0.5, 0.6) is 0 Å². The fourth-order valence-corrected chi connectivity index (χ4v) is 3.23. The number of thiazole rings is 1. The number of benzene rings is 1. The molecule has 0 spiro atoms. The standard InChI is InChI=1S/C14H14N2O3S/c17-13(18)4-6-16-12(8-20-14(16)19)10-1-2-11-9(7-10)3-5-15-11/h1-2,7-8,15H,3-6H2,(H,17,18). The molecule has 0 unspecified atom stereocenters. The van der Waals surface area contributed by atoms with Gasteiger partial charge in [-0.15, -0.1) is 0 Å². The number of aromatic nitrogens is 1. The SMILES string of the molecule is O=C(O)CCn1c(-c2ccc3c(c2)CCN3)csc1=O. The molecule has 0 atom stereocenters. The van der Waals surface area contributed by atoms with E-state index in [1.165, 1.54) is 5.56 Å². The van der Waals surface area contributed by atoms with E-state index in [0.717, 1.165) is 41.2 Å². The summed E-state index contributed by atoms with van der Waals surface area (Å²) in [6, 6.07) is 6.06. The Morgan fingerprint density at radius 3 is 3.10 bits per heavy atom. The Morgan fingerprint density at radius 1 is 1.45 bits per heavy atom. The fraction of sp³-hybridized carbons (Fsp3) is 0.286. The number of carbonyl (C=O) groups is 1. The molecule has 1 aromatic heterocycles. The van der Waals surface area contributed by atoms with Crippen molar-refractivity contribution in [2.24, 2.45) is 0 Å². The molecule has 0 saturated heterocycles. The van der Waals surface area contributed by atoms with E-state index in [4.69, 9.17) is 5.11 Å². The lowest BCUT2D eigenvalue weighted by Crippen LogP contribution is -2.16. The number of rotatable bonds is 4. The van der Waals surface area contributed by atoms with Crippen molar-refractivity contribution in [1.82, 2.24) is 4.57 Å². The Labute approximate surface area is 119 Å². The van der Waals surface area contributed by atoms with Gasteiger partial charge in [-0.05, 0) is 29.7 Å². The summed E-state index contributed by atoms with van der Waals surface area (Å²) in [6.45, 7) is 1.15. The average Bonchev–Trinajstić information content (AvgIpc) is 3.01. The molecule has 0 bridgehead atoms. The van der Waals surface area contributed by atoms with E-state index >= 15 is 0 Å². The third-order valence-electron chi connectivity index (χ3n) is 3.44. The van der Waals surface area contributed by atoms with Gasteiger partial charge in [-0.3, -0.25) is 14.2 Å². The van der Waals surface area contributed by atoms with Gasteiger partial charge < -0.3 is 10.4 Å². The number of nitrogens with zero attached hydrogens (tertiary/aromatic N) is 1. The van der Waals surface area contributed by atoms with Gasteiger partial charge in [0.15, 0.2) is 0 Å². The molecule has 3 rings (SSSR count). The second-order valence-electron chi connectivity index (χ2n) is 4.73. The number of aliphatic carboxylic acids is 1. The van der Waals surface area contributed by atoms with Crippen molar-refractivity contribution < 1.29 is 9.90 Å². The monoisotopic (exact) mass is 290 g/mol. The molecule has 0 aliphatic carbocycles. The van der Waals surface area contributed by atoms with E-state index in [2.05, 4.69) is 11.4 Å². The van der Waals surface area contributed by atoms with Crippen LogP contribution in [0.25, 0.3) is 11.3 Å². The van der Waals surface area contributed by atoms with Crippen molar-refractivity contribution in [3.63, 3.8) is 0 Å². The molecule has 1 aromatic carbocycles. The van der Waals surface area contributed by atoms with Crippen molar-refractivity contribution >= 4 is 23.0 Å². The summed E-state index contributed by atoms with van der Waals surface area (Å²) in [5, 5.41) is 13.9. The molecule has 1 aliphatic rings. The first-order chi connectivity index (χ1) is 9.65. The molecule has 2 N–H and O–H groups in total. The van der Waals surface area contributed by atoms with Crippen molar-refractivity contribution in [3.05, 3.63) is 38.8 Å². The highest BCUT2D eigenvalue weighted by atomic mass is 32.1. The van der Waals surface area contributed by atoms with Crippen molar-refractivity contribution in [2.45, 2.75) is 19.4 Å². The molecular weight excluding hydrogens is 276 g/mol. The molecule has 2 heterocycles. The first kappa shape index (κ1) is 12.9. The van der Waals surface area contributed by atoms with Crippen LogP contribution in [0.3, 0.4) is 0 Å². The Morgan fingerprint density at radius 2 is 2.30 bits per heavy atom. The Kier molecular flexibility index (Phi) is 3.31. The number of hydrogen-bond acceptors (Lipinski definition) is 4. The van der Waals surface area contributed by atoms with Gasteiger partial charge in [0.25, 0.3) is 0 Å². The van der Waals surface area contributed by atoms with Crippen LogP contribution in [-0.2, 0) is 17.8 Å². The van der Waals surface area contributed by atoms with E-state index in [9.17, 15) is 9.59 Å². The Bertz CT molecular complexity index is 717. The largest absolute Gasteiger partial charge is 0.481 e. The maximum absolute atomic E-state index is 11.8. The number of anilines is 1. The minimum Gasteiger partial charge on any atom is -0.481 e. The van der Waals surface area contributed by atoms with Crippen LogP contribution in [0, 0.1) is 0 Å². The zero-order valence-corrected chi connectivity index (χ0v) is 11.6. The summed E-state index contributed by atoms with van der Waals surface area (Å²) >= 11 is 1.11. The van der Waals surface area contributed by atoms with Gasteiger partial charge in [-0.2, -0.15) is 0 Å². The normalized spacial score (nSPS) is 13.0. The molecule has 0 amide bonds. The zero-order valence-electron chi connectivity index (χ0n) is 10.8. The van der Waals surface area contributed by atoms with E-state index in [1.54, 1.807) is 9.95 Å². The summed E-state index contributed by atoms with van der Waals surface area (Å²) in [6.07, 6.45) is 0.933. The minimum absolute atomic E-state index is 0.0455. The highest BCUT2D eigenvalue weighted by Gasteiger charge is 2.14. The van der Waals surface area contributed by atoms with Gasteiger partial charge in [0, 0.05) is 24.2 Å². The molecule has 0 saturated carbocycles. The molecule has 0 fully saturated rings. The summed E-state index contributed by atoms with van der Waals surface area (Å²) in [5.74, 6) is -0.896. The number of hydrogen-bond donors (Lipinski definition) is 2. The van der Waals surface area contributed by atoms with Crippen LogP contribution >= 0.6 is 11.3 Å². The van der Waals surface area contributed by atoms with E-state index in [1.807, 2.05) is 12.1 Å². The summed E-state index contributed by atoms with van der Waals surface area (Å²) in [4.78, 5) is 22.4. The first-order valence-corrected chi connectivity index (χ1v) is 7.30. The van der Waals surface area contributed by atoms with Crippen LogP contribution < -0.4 is 10.2 Å². The Balaban J connectivity index is 1.98. The maximum atomic E-state index is 11.8. The van der Waals surface area contributed by atoms with Crippen LogP contribution in [0.15, 0.2) is 28.4 Å². The van der Waals surface area contributed by atoms with Crippen LogP contribution in [0.2, 0.25) is 0 Å². The van der Waals surface area contributed by atoms with Crippen molar-refractivity contribution in [1.29, 1.82) is 0 Å². The average molecular weight is 290 g/mol. The van der Waals surface area contributed by atoms with E-state index in [-0.39, 0.29) is 17.8 Å². The lowest BCUT2D eigenvalue weighted by atomic mass is 10.1. The molecule has 1 aliphatic heterocycles. The number of carboxylic acid groups (broad SMARTS) is 1. The molecule has 2 aromatic rings.